The van der Waals surface area contributed by atoms with Gasteiger partial charge in [0.1, 0.15) is 11.9 Å². The number of hydrogen-bond acceptors (Lipinski definition) is 3. The van der Waals surface area contributed by atoms with Gasteiger partial charge < -0.3 is 15.2 Å². The summed E-state index contributed by atoms with van der Waals surface area (Å²) in [5.41, 5.74) is 3.16. The second-order valence-corrected chi connectivity index (χ2v) is 9.31. The number of carbonyl (C=O) groups is 2. The first-order valence-electron chi connectivity index (χ1n) is 12.0. The third-order valence-corrected chi connectivity index (χ3v) is 5.87. The summed E-state index contributed by atoms with van der Waals surface area (Å²) < 4.78 is 45.0. The highest BCUT2D eigenvalue weighted by Crippen LogP contribution is 2.34. The average molecular weight is 514 g/mol. The number of ether oxygens (including phenoxy) is 1. The number of carboxylic acid groups (broad SMARTS) is 1. The molecule has 0 fully saturated rings. The zero-order valence-corrected chi connectivity index (χ0v) is 20.9. The van der Waals surface area contributed by atoms with E-state index in [9.17, 15) is 22.8 Å². The molecule has 1 amide bonds. The molecule has 37 heavy (non-hydrogen) atoms. The van der Waals surface area contributed by atoms with Crippen LogP contribution in [0.1, 0.15) is 59.8 Å². The Balaban J connectivity index is 1.76. The van der Waals surface area contributed by atoms with E-state index in [0.717, 1.165) is 35.2 Å². The highest BCUT2D eigenvalue weighted by Gasteiger charge is 2.30. The van der Waals surface area contributed by atoms with E-state index in [0.29, 0.717) is 22.8 Å². The van der Waals surface area contributed by atoms with E-state index < -0.39 is 17.7 Å². The Morgan fingerprint density at radius 2 is 1.57 bits per heavy atom. The summed E-state index contributed by atoms with van der Waals surface area (Å²) in [6.07, 6.45) is -4.06. The third kappa shape index (κ3) is 7.84. The fourth-order valence-electron chi connectivity index (χ4n) is 3.97. The van der Waals surface area contributed by atoms with Gasteiger partial charge in [-0.2, -0.15) is 13.2 Å². The summed E-state index contributed by atoms with van der Waals surface area (Å²) >= 11 is 0. The van der Waals surface area contributed by atoms with Gasteiger partial charge in [-0.25, -0.2) is 0 Å². The van der Waals surface area contributed by atoms with Crippen LogP contribution in [0.3, 0.4) is 0 Å². The van der Waals surface area contributed by atoms with Crippen LogP contribution in [0.15, 0.2) is 66.7 Å². The number of carboxylic acids is 1. The molecule has 8 heteroatoms. The summed E-state index contributed by atoms with van der Waals surface area (Å²) in [7, 11) is 0. The number of hydrogen-bond donors (Lipinski definition) is 2. The number of halogens is 3. The van der Waals surface area contributed by atoms with Crippen LogP contribution < -0.4 is 10.1 Å². The van der Waals surface area contributed by atoms with Gasteiger partial charge in [-0.05, 0) is 77.9 Å². The number of amides is 1. The lowest BCUT2D eigenvalue weighted by Crippen LogP contribution is -2.25. The van der Waals surface area contributed by atoms with Crippen LogP contribution in [-0.4, -0.2) is 23.5 Å². The second-order valence-electron chi connectivity index (χ2n) is 9.31. The van der Waals surface area contributed by atoms with Gasteiger partial charge in [0.25, 0.3) is 5.91 Å². The first kappa shape index (κ1) is 27.8. The monoisotopic (exact) mass is 513 g/mol. The molecule has 196 valence electrons. The second kappa shape index (κ2) is 12.0. The van der Waals surface area contributed by atoms with Crippen molar-refractivity contribution in [3.63, 3.8) is 0 Å². The molecular weight excluding hydrogens is 483 g/mol. The molecule has 0 aliphatic carbocycles. The molecule has 3 rings (SSSR count). The number of benzene rings is 3. The molecule has 0 saturated carbocycles. The fourth-order valence-corrected chi connectivity index (χ4v) is 3.97. The van der Waals surface area contributed by atoms with Crippen molar-refractivity contribution in [3.8, 4) is 16.9 Å². The number of alkyl halides is 3. The summed E-state index contributed by atoms with van der Waals surface area (Å²) in [5.74, 6) is -0.429. The zero-order valence-electron chi connectivity index (χ0n) is 20.9. The SMILES string of the molecule is Cc1cc(-c2ccc(C(F)(F)F)cc2)ccc1[C@@H](CC(C)C)Oc1ccc(C(=O)NCCC(=O)O)cc1. The van der Waals surface area contributed by atoms with Gasteiger partial charge in [-0.15, -0.1) is 0 Å². The molecule has 0 aliphatic rings. The maximum absolute atomic E-state index is 12.9. The number of aryl methyl sites for hydroxylation is 1. The number of nitrogens with one attached hydrogen (secondary N) is 1. The minimum absolute atomic E-state index is 0.0463. The zero-order chi connectivity index (χ0) is 27.2. The normalized spacial score (nSPS) is 12.3. The van der Waals surface area contributed by atoms with E-state index >= 15 is 0 Å². The highest BCUT2D eigenvalue weighted by molar-refractivity contribution is 5.94. The molecule has 0 bridgehead atoms. The molecule has 2 N–H and O–H groups in total. The molecule has 0 unspecified atom stereocenters. The van der Waals surface area contributed by atoms with E-state index in [1.165, 1.54) is 12.1 Å². The van der Waals surface area contributed by atoms with E-state index in [1.54, 1.807) is 24.3 Å². The van der Waals surface area contributed by atoms with Crippen molar-refractivity contribution in [2.75, 3.05) is 6.54 Å². The molecule has 5 nitrogen and oxygen atoms in total. The molecule has 3 aromatic carbocycles. The molecule has 0 spiro atoms. The maximum Gasteiger partial charge on any atom is 0.416 e. The molecular formula is C29H30F3NO4. The largest absolute Gasteiger partial charge is 0.486 e. The van der Waals surface area contributed by atoms with Crippen molar-refractivity contribution in [1.82, 2.24) is 5.32 Å². The Bertz CT molecular complexity index is 1220. The molecule has 0 aliphatic heterocycles. The quantitative estimate of drug-likeness (QED) is 0.305. The smallest absolute Gasteiger partial charge is 0.416 e. The summed E-state index contributed by atoms with van der Waals surface area (Å²) in [4.78, 5) is 22.8. The van der Waals surface area contributed by atoms with Gasteiger partial charge in [-0.3, -0.25) is 9.59 Å². The minimum atomic E-state index is -4.37. The Hall–Kier alpha value is -3.81. The van der Waals surface area contributed by atoms with Crippen molar-refractivity contribution in [2.24, 2.45) is 5.92 Å². The lowest BCUT2D eigenvalue weighted by molar-refractivity contribution is -0.138. The Labute approximate surface area is 214 Å². The molecule has 3 aromatic rings. The first-order valence-corrected chi connectivity index (χ1v) is 12.0. The molecule has 0 aromatic heterocycles. The van der Waals surface area contributed by atoms with Crippen LogP contribution in [0.5, 0.6) is 5.75 Å². The molecule has 0 saturated heterocycles. The Morgan fingerprint density at radius 1 is 0.946 bits per heavy atom. The first-order chi connectivity index (χ1) is 17.4. The van der Waals surface area contributed by atoms with Crippen molar-refractivity contribution >= 4 is 11.9 Å². The summed E-state index contributed by atoms with van der Waals surface area (Å²) in [5, 5.41) is 11.3. The third-order valence-electron chi connectivity index (χ3n) is 5.87. The van der Waals surface area contributed by atoms with Crippen LogP contribution in [0, 0.1) is 12.8 Å². The van der Waals surface area contributed by atoms with Crippen molar-refractivity contribution in [3.05, 3.63) is 89.0 Å². The standard InChI is InChI=1S/C29H30F3NO4/c1-18(2)16-26(37-24-11-6-21(7-12-24)28(36)33-15-14-27(34)35)25-13-8-22(17-19(25)3)20-4-9-23(10-5-20)29(30,31)32/h4-13,17-18,26H,14-16H2,1-3H3,(H,33,36)(H,34,35)/t26-/m1/s1. The number of aliphatic carboxylic acids is 1. The summed E-state index contributed by atoms with van der Waals surface area (Å²) in [6, 6.07) is 17.5. The predicted octanol–water partition coefficient (Wildman–Crippen LogP) is 7.05. The van der Waals surface area contributed by atoms with Crippen LogP contribution in [0.2, 0.25) is 0 Å². The highest BCUT2D eigenvalue weighted by atomic mass is 19.4. The van der Waals surface area contributed by atoms with Gasteiger partial charge in [0.05, 0.1) is 12.0 Å². The Morgan fingerprint density at radius 3 is 2.11 bits per heavy atom. The molecule has 1 atom stereocenters. The topological polar surface area (TPSA) is 75.6 Å². The predicted molar refractivity (Wildman–Crippen MR) is 135 cm³/mol. The van der Waals surface area contributed by atoms with Gasteiger partial charge in [-0.1, -0.05) is 44.2 Å². The number of carbonyl (C=O) groups excluding carboxylic acids is 1. The van der Waals surface area contributed by atoms with Gasteiger partial charge >= 0.3 is 12.1 Å². The maximum atomic E-state index is 12.9. The van der Waals surface area contributed by atoms with Crippen molar-refractivity contribution < 1.29 is 32.6 Å². The van der Waals surface area contributed by atoms with Gasteiger partial charge in [0.2, 0.25) is 0 Å². The summed E-state index contributed by atoms with van der Waals surface area (Å²) in [6.45, 7) is 6.18. The average Bonchev–Trinajstić information content (AvgIpc) is 2.83. The van der Waals surface area contributed by atoms with Crippen LogP contribution >= 0.6 is 0 Å². The lowest BCUT2D eigenvalue weighted by atomic mass is 9.93. The Kier molecular flexibility index (Phi) is 8.97. The van der Waals surface area contributed by atoms with Crippen molar-refractivity contribution in [2.45, 2.75) is 45.9 Å². The van der Waals surface area contributed by atoms with E-state index in [4.69, 9.17) is 9.84 Å². The number of rotatable bonds is 10. The van der Waals surface area contributed by atoms with E-state index in [1.807, 2.05) is 25.1 Å². The van der Waals surface area contributed by atoms with E-state index in [2.05, 4.69) is 19.2 Å². The molecule has 0 heterocycles. The minimum Gasteiger partial charge on any atom is -0.486 e. The van der Waals surface area contributed by atoms with Crippen molar-refractivity contribution in [1.29, 1.82) is 0 Å². The van der Waals surface area contributed by atoms with Gasteiger partial charge in [0, 0.05) is 12.1 Å². The van der Waals surface area contributed by atoms with Crippen LogP contribution in [0.25, 0.3) is 11.1 Å². The van der Waals surface area contributed by atoms with Crippen LogP contribution in [-0.2, 0) is 11.0 Å². The van der Waals surface area contributed by atoms with Crippen LogP contribution in [0.4, 0.5) is 13.2 Å². The lowest BCUT2D eigenvalue weighted by Gasteiger charge is -2.24. The fraction of sp³-hybridized carbons (Fsp3) is 0.310. The van der Waals surface area contributed by atoms with E-state index in [-0.39, 0.29) is 25.0 Å². The van der Waals surface area contributed by atoms with Gasteiger partial charge in [0.15, 0.2) is 0 Å². The molecule has 0 radical (unpaired) electrons.